The van der Waals surface area contributed by atoms with E-state index in [1.807, 2.05) is 0 Å². The maximum atomic E-state index is 13.1. The molecule has 112 heavy (non-hydrogen) atoms. The number of unbranched alkanes of at least 4 members (excludes halogenated alkanes) is 17. The molecule has 0 saturated heterocycles. The van der Waals surface area contributed by atoms with Gasteiger partial charge in [-0.1, -0.05) is 292 Å². The number of ether oxygens (including phenoxy) is 4. The third-order valence-electron chi connectivity index (χ3n) is 16.7. The molecule has 0 heterocycles. The third kappa shape index (κ3) is 81.6. The van der Waals surface area contributed by atoms with Gasteiger partial charge in [0.2, 0.25) is 0 Å². The van der Waals surface area contributed by atoms with E-state index in [1.165, 1.54) is 0 Å². The van der Waals surface area contributed by atoms with E-state index < -0.39 is 97.5 Å². The summed E-state index contributed by atoms with van der Waals surface area (Å²) in [6.45, 7) is 4.30. The molecular weight excluding hydrogens is 1450 g/mol. The van der Waals surface area contributed by atoms with Crippen molar-refractivity contribution in [2.75, 3.05) is 39.6 Å². The molecule has 0 aliphatic rings. The smallest absolute Gasteiger partial charge is 0.462 e. The minimum absolute atomic E-state index is 0.0499. The summed E-state index contributed by atoms with van der Waals surface area (Å²) < 4.78 is 68.8. The van der Waals surface area contributed by atoms with Crippen molar-refractivity contribution in [2.45, 2.75) is 316 Å². The molecule has 0 amide bonds. The second-order valence-electron chi connectivity index (χ2n) is 27.2. The maximum absolute atomic E-state index is 13.1. The van der Waals surface area contributed by atoms with Gasteiger partial charge < -0.3 is 33.8 Å². The summed E-state index contributed by atoms with van der Waals surface area (Å²) in [4.78, 5) is 73.3. The average Bonchev–Trinajstić information content (AvgIpc) is 0.895. The van der Waals surface area contributed by atoms with Gasteiger partial charge in [0.15, 0.2) is 12.2 Å². The zero-order valence-electron chi connectivity index (χ0n) is 69.3. The van der Waals surface area contributed by atoms with E-state index >= 15 is 0 Å². The average molecular weight is 1600 g/mol. The highest BCUT2D eigenvalue weighted by Crippen LogP contribution is 2.45. The highest BCUT2D eigenvalue weighted by molar-refractivity contribution is 7.47. The van der Waals surface area contributed by atoms with Crippen molar-refractivity contribution in [1.82, 2.24) is 0 Å². The highest BCUT2D eigenvalue weighted by Gasteiger charge is 2.30. The number of phosphoric ester groups is 2. The van der Waals surface area contributed by atoms with Crippen LogP contribution in [0.25, 0.3) is 0 Å². The summed E-state index contributed by atoms with van der Waals surface area (Å²) in [5, 5.41) is 10.7. The monoisotopic (exact) mass is 1600 g/mol. The standard InChI is InChI=1S/C93H148O17P2/c1-5-9-13-17-21-25-29-33-37-41-43-47-49-53-57-61-65-69-73-77-90(95)103-83-88(109-92(97)79-75-71-67-63-59-55-51-45-39-35-31-27-23-19-15-11-7-3)85-107-111(99,100)105-81-87(94)82-106-112(101,102)108-86-89(110-93(98)80-76-72-68-64-60-56-52-46-40-36-32-28-24-20-16-12-8-4)84-104-91(96)78-74-70-66-62-58-54-50-48-44-42-38-34-30-26-22-18-14-10-6-2/h9-16,21-28,33-40,43-44,47-48,51,53-55,57-58,87-89,94H,5-8,17-20,29-32,41-42,45-46,49-50,52,56,59-86H2,1-4H3,(H,99,100)(H,101,102)/b13-9-,14-10-,15-11-,16-12-,25-21-,26-22-,27-23-,28-24-,37-33-,38-34-,39-35-,40-36-,47-43-,48-44-,55-51-,57-53-,58-54-. The number of rotatable bonds is 77. The van der Waals surface area contributed by atoms with Crippen molar-refractivity contribution >= 4 is 39.5 Å². The molecule has 0 fully saturated rings. The van der Waals surface area contributed by atoms with Crippen molar-refractivity contribution in [3.8, 4) is 0 Å². The van der Waals surface area contributed by atoms with Gasteiger partial charge in [0.25, 0.3) is 0 Å². The molecule has 17 nitrogen and oxygen atoms in total. The molecule has 0 aromatic heterocycles. The Balaban J connectivity index is 5.51. The third-order valence-corrected chi connectivity index (χ3v) is 18.6. The quantitative estimate of drug-likeness (QED) is 0.0169. The predicted octanol–water partition coefficient (Wildman–Crippen LogP) is 25.4. The molecule has 0 saturated carbocycles. The Kier molecular flexibility index (Phi) is 77.9. The van der Waals surface area contributed by atoms with Crippen LogP contribution in [0, 0.1) is 0 Å². The number of carbonyl (C=O) groups is 4. The largest absolute Gasteiger partial charge is 0.472 e. The van der Waals surface area contributed by atoms with E-state index in [1.54, 1.807) is 0 Å². The zero-order valence-corrected chi connectivity index (χ0v) is 71.0. The molecule has 632 valence electrons. The first-order valence-corrected chi connectivity index (χ1v) is 45.3. The normalized spacial score (nSPS) is 14.8. The molecule has 0 bridgehead atoms. The van der Waals surface area contributed by atoms with Gasteiger partial charge in [-0.3, -0.25) is 37.3 Å². The van der Waals surface area contributed by atoms with E-state index in [-0.39, 0.29) is 25.7 Å². The lowest BCUT2D eigenvalue weighted by Gasteiger charge is -2.21. The van der Waals surface area contributed by atoms with Crippen LogP contribution in [0.4, 0.5) is 0 Å². The lowest BCUT2D eigenvalue weighted by molar-refractivity contribution is -0.161. The van der Waals surface area contributed by atoms with Crippen LogP contribution in [0.5, 0.6) is 0 Å². The molecule has 5 unspecified atom stereocenters. The number of aliphatic hydroxyl groups excluding tert-OH is 1. The van der Waals surface area contributed by atoms with E-state index in [0.29, 0.717) is 25.7 Å². The minimum Gasteiger partial charge on any atom is -0.462 e. The summed E-state index contributed by atoms with van der Waals surface area (Å²) in [7, 11) is -10.0. The summed E-state index contributed by atoms with van der Waals surface area (Å²) >= 11 is 0. The number of hydrogen-bond donors (Lipinski definition) is 3. The van der Waals surface area contributed by atoms with Gasteiger partial charge in [0, 0.05) is 25.7 Å². The van der Waals surface area contributed by atoms with Crippen molar-refractivity contribution in [2.24, 2.45) is 0 Å². The molecular formula is C93H148O17P2. The maximum Gasteiger partial charge on any atom is 0.472 e. The Labute approximate surface area is 678 Å². The first kappa shape index (κ1) is 106. The Morgan fingerprint density at radius 2 is 0.438 bits per heavy atom. The SMILES string of the molecule is CC/C=C\C/C=C\C/C=C\C/C=C\C/C=C\CCCCCC(=O)OCC(COP(=O)(O)OCC(O)COP(=O)(O)OCC(COC(=O)CCCCC/C=C\C/C=C\C/C=C\C/C=C\C/C=C\CC)OC(=O)CCCCCCCCC/C=C\C/C=C\C/C=C\CC)OC(=O)CCCCCC/C=C\C/C=C\C/C=C\C/C=C\CC. The number of carbonyl (C=O) groups excluding carboxylic acids is 4. The Morgan fingerprint density at radius 3 is 0.679 bits per heavy atom. The van der Waals surface area contributed by atoms with Crippen LogP contribution in [0.1, 0.15) is 297 Å². The lowest BCUT2D eigenvalue weighted by atomic mass is 10.1. The number of phosphoric acid groups is 2. The summed E-state index contributed by atoms with van der Waals surface area (Å²) in [6, 6.07) is 0. The van der Waals surface area contributed by atoms with Gasteiger partial charge in [0.1, 0.15) is 19.3 Å². The van der Waals surface area contributed by atoms with E-state index in [4.69, 9.17) is 37.0 Å². The molecule has 0 aliphatic carbocycles. The van der Waals surface area contributed by atoms with Gasteiger partial charge >= 0.3 is 39.5 Å². The molecule has 19 heteroatoms. The van der Waals surface area contributed by atoms with Gasteiger partial charge in [-0.25, -0.2) is 9.13 Å². The van der Waals surface area contributed by atoms with Gasteiger partial charge in [-0.05, 0) is 186 Å². The van der Waals surface area contributed by atoms with Crippen LogP contribution in [0.15, 0.2) is 207 Å². The van der Waals surface area contributed by atoms with Gasteiger partial charge in [0.05, 0.1) is 26.4 Å². The predicted molar refractivity (Wildman–Crippen MR) is 463 cm³/mol. The first-order valence-electron chi connectivity index (χ1n) is 42.3. The van der Waals surface area contributed by atoms with Crippen molar-refractivity contribution < 1.29 is 80.2 Å². The number of aliphatic hydroxyl groups is 1. The van der Waals surface area contributed by atoms with Crippen LogP contribution in [0.3, 0.4) is 0 Å². The molecule has 0 aliphatic heterocycles. The second-order valence-corrected chi connectivity index (χ2v) is 30.1. The Bertz CT molecular complexity index is 2940. The van der Waals surface area contributed by atoms with E-state index in [0.717, 1.165) is 218 Å². The molecule has 0 spiro atoms. The fraction of sp³-hybridized carbons (Fsp3) is 0.591. The molecule has 5 atom stereocenters. The van der Waals surface area contributed by atoms with Crippen molar-refractivity contribution in [3.05, 3.63) is 207 Å². The summed E-state index contributed by atoms with van der Waals surface area (Å²) in [5.74, 6) is -2.30. The lowest BCUT2D eigenvalue weighted by Crippen LogP contribution is -2.30. The first-order chi connectivity index (χ1) is 54.7. The number of allylic oxidation sites excluding steroid dienone is 34. The fourth-order valence-electron chi connectivity index (χ4n) is 10.5. The van der Waals surface area contributed by atoms with Crippen LogP contribution in [-0.4, -0.2) is 96.7 Å². The van der Waals surface area contributed by atoms with E-state index in [9.17, 15) is 43.2 Å². The highest BCUT2D eigenvalue weighted by atomic mass is 31.2. The van der Waals surface area contributed by atoms with Crippen molar-refractivity contribution in [3.63, 3.8) is 0 Å². The van der Waals surface area contributed by atoms with E-state index in [2.05, 4.69) is 234 Å². The number of hydrogen-bond acceptors (Lipinski definition) is 15. The second kappa shape index (κ2) is 82.6. The summed E-state index contributed by atoms with van der Waals surface area (Å²) in [5.41, 5.74) is 0. The van der Waals surface area contributed by atoms with Crippen LogP contribution < -0.4 is 0 Å². The summed E-state index contributed by atoms with van der Waals surface area (Å²) in [6.07, 6.45) is 104. The van der Waals surface area contributed by atoms with Crippen LogP contribution in [0.2, 0.25) is 0 Å². The van der Waals surface area contributed by atoms with Crippen LogP contribution >= 0.6 is 15.6 Å². The molecule has 3 N–H and O–H groups in total. The number of esters is 4. The fourth-order valence-corrected chi connectivity index (χ4v) is 12.0. The molecule has 0 rings (SSSR count). The Morgan fingerprint density at radius 1 is 0.250 bits per heavy atom. The molecule has 0 aromatic rings. The van der Waals surface area contributed by atoms with Crippen LogP contribution in [-0.2, 0) is 65.4 Å². The van der Waals surface area contributed by atoms with Gasteiger partial charge in [-0.2, -0.15) is 0 Å². The van der Waals surface area contributed by atoms with Gasteiger partial charge in [-0.15, -0.1) is 0 Å². The topological polar surface area (TPSA) is 237 Å². The zero-order chi connectivity index (χ0) is 81.7. The minimum atomic E-state index is -5.01. The molecule has 0 radical (unpaired) electrons. The van der Waals surface area contributed by atoms with Crippen molar-refractivity contribution in [1.29, 1.82) is 0 Å². The molecule has 0 aromatic carbocycles. The Hall–Kier alpha value is -6.36.